The van der Waals surface area contributed by atoms with Gasteiger partial charge in [-0.3, -0.25) is 4.79 Å². The van der Waals surface area contributed by atoms with Gasteiger partial charge in [0.25, 0.3) is 0 Å². The Hall–Kier alpha value is -2.26. The molecule has 9 heteroatoms. The lowest BCUT2D eigenvalue weighted by Gasteiger charge is -2.09. The second-order valence-electron chi connectivity index (χ2n) is 5.38. The fraction of sp³-hybridized carbons (Fsp3) is 0.176. The highest BCUT2D eigenvalue weighted by Crippen LogP contribution is 2.27. The van der Waals surface area contributed by atoms with Crippen molar-refractivity contribution < 1.29 is 9.18 Å². The Morgan fingerprint density at radius 2 is 2.12 bits per heavy atom. The Kier molecular flexibility index (Phi) is 6.00. The summed E-state index contributed by atoms with van der Waals surface area (Å²) in [4.78, 5) is 13.2. The van der Waals surface area contributed by atoms with Gasteiger partial charge < -0.3 is 5.32 Å². The number of tetrazole rings is 1. The van der Waals surface area contributed by atoms with Crippen molar-refractivity contribution in [1.82, 2.24) is 20.2 Å². The normalized spacial score (nSPS) is 10.7. The Morgan fingerprint density at radius 1 is 1.31 bits per heavy atom. The number of nitrogens with one attached hydrogen (secondary N) is 1. The first-order valence-electron chi connectivity index (χ1n) is 7.76. The lowest BCUT2D eigenvalue weighted by atomic mass is 10.2. The molecule has 0 saturated heterocycles. The number of halogens is 2. The van der Waals surface area contributed by atoms with E-state index in [9.17, 15) is 9.18 Å². The van der Waals surface area contributed by atoms with Crippen LogP contribution in [-0.4, -0.2) is 31.9 Å². The highest BCUT2D eigenvalue weighted by Gasteiger charge is 2.11. The van der Waals surface area contributed by atoms with Crippen LogP contribution in [-0.2, 0) is 4.79 Å². The summed E-state index contributed by atoms with van der Waals surface area (Å²) in [6.45, 7) is 1.74. The molecule has 0 fully saturated rings. The number of aryl methyl sites for hydroxylation is 1. The summed E-state index contributed by atoms with van der Waals surface area (Å²) >= 11 is 5.03. The first kappa shape index (κ1) is 18.5. The Labute approximate surface area is 162 Å². The van der Waals surface area contributed by atoms with Gasteiger partial charge in [0, 0.05) is 21.5 Å². The summed E-state index contributed by atoms with van der Waals surface area (Å²) in [6.07, 6.45) is 0.263. The van der Waals surface area contributed by atoms with Gasteiger partial charge >= 0.3 is 0 Å². The summed E-state index contributed by atoms with van der Waals surface area (Å²) in [5.41, 5.74) is 0.681. The van der Waals surface area contributed by atoms with Gasteiger partial charge in [-0.1, -0.05) is 12.1 Å². The Morgan fingerprint density at radius 3 is 2.85 bits per heavy atom. The van der Waals surface area contributed by atoms with Crippen molar-refractivity contribution in [3.8, 4) is 5.69 Å². The number of benzene rings is 2. The smallest absolute Gasteiger partial charge is 0.225 e. The quantitative estimate of drug-likeness (QED) is 0.592. The molecule has 0 aliphatic rings. The number of carbonyl (C=O) groups excluding carboxylic acids is 1. The van der Waals surface area contributed by atoms with E-state index < -0.39 is 5.82 Å². The van der Waals surface area contributed by atoms with Crippen molar-refractivity contribution in [2.45, 2.75) is 18.2 Å². The number of thioether (sulfide) groups is 1. The Balaban J connectivity index is 1.62. The van der Waals surface area contributed by atoms with Gasteiger partial charge in [0.15, 0.2) is 5.82 Å². The van der Waals surface area contributed by atoms with Crippen molar-refractivity contribution in [1.29, 1.82) is 0 Å². The maximum atomic E-state index is 14.0. The summed E-state index contributed by atoms with van der Waals surface area (Å²) in [6, 6.07) is 12.1. The van der Waals surface area contributed by atoms with E-state index in [0.29, 0.717) is 17.3 Å². The van der Waals surface area contributed by atoms with Gasteiger partial charge in [0.05, 0.1) is 11.4 Å². The lowest BCUT2D eigenvalue weighted by molar-refractivity contribution is -0.115. The van der Waals surface area contributed by atoms with Crippen molar-refractivity contribution in [3.63, 3.8) is 0 Å². The average Bonchev–Trinajstić information content (AvgIpc) is 3.04. The maximum absolute atomic E-state index is 14.0. The van der Waals surface area contributed by atoms with Gasteiger partial charge in [-0.2, -0.15) is 4.68 Å². The van der Waals surface area contributed by atoms with Crippen LogP contribution in [0.1, 0.15) is 12.2 Å². The summed E-state index contributed by atoms with van der Waals surface area (Å²) in [5.74, 6) is 0.390. The molecule has 0 aliphatic heterocycles. The van der Waals surface area contributed by atoms with Gasteiger partial charge in [0.1, 0.15) is 5.82 Å². The fourth-order valence-corrected chi connectivity index (χ4v) is 3.76. The SMILES string of the molecule is Cc1nnnn1-c1ccc(F)c(NC(=O)CCSc2ccccc2Br)c1. The molecule has 6 nitrogen and oxygen atoms in total. The molecule has 0 radical (unpaired) electrons. The van der Waals surface area contributed by atoms with E-state index >= 15 is 0 Å². The van der Waals surface area contributed by atoms with E-state index in [1.54, 1.807) is 24.8 Å². The van der Waals surface area contributed by atoms with Crippen LogP contribution in [0.5, 0.6) is 0 Å². The molecule has 1 heterocycles. The molecule has 2 aromatic carbocycles. The maximum Gasteiger partial charge on any atom is 0.225 e. The molecule has 3 rings (SSSR count). The van der Waals surface area contributed by atoms with Crippen LogP contribution >= 0.6 is 27.7 Å². The van der Waals surface area contributed by atoms with Crippen LogP contribution in [0.15, 0.2) is 51.8 Å². The second kappa shape index (κ2) is 8.41. The summed E-state index contributed by atoms with van der Waals surface area (Å²) in [7, 11) is 0. The van der Waals surface area contributed by atoms with Gasteiger partial charge in [-0.05, 0) is 63.6 Å². The minimum absolute atomic E-state index is 0.105. The van der Waals surface area contributed by atoms with E-state index in [0.717, 1.165) is 9.37 Å². The minimum atomic E-state index is -0.508. The summed E-state index contributed by atoms with van der Waals surface area (Å²) in [5, 5.41) is 13.8. The monoisotopic (exact) mass is 435 g/mol. The number of carbonyl (C=O) groups is 1. The predicted molar refractivity (Wildman–Crippen MR) is 102 cm³/mol. The minimum Gasteiger partial charge on any atom is -0.324 e. The molecule has 0 saturated carbocycles. The number of hydrogen-bond donors (Lipinski definition) is 1. The molecule has 0 spiro atoms. The van der Waals surface area contributed by atoms with E-state index in [2.05, 4.69) is 36.8 Å². The molecule has 3 aromatic rings. The third-order valence-corrected chi connectivity index (χ3v) is 5.55. The van der Waals surface area contributed by atoms with E-state index in [4.69, 9.17) is 0 Å². The van der Waals surface area contributed by atoms with E-state index in [-0.39, 0.29) is 18.0 Å². The predicted octanol–water partition coefficient (Wildman–Crippen LogP) is 3.99. The molecule has 0 bridgehead atoms. The van der Waals surface area contributed by atoms with Crippen molar-refractivity contribution >= 4 is 39.3 Å². The number of rotatable bonds is 6. The molecule has 134 valence electrons. The molecular weight excluding hydrogens is 421 g/mol. The average molecular weight is 436 g/mol. The van der Waals surface area contributed by atoms with Crippen LogP contribution in [0.2, 0.25) is 0 Å². The molecule has 1 amide bonds. The van der Waals surface area contributed by atoms with E-state index in [1.807, 2.05) is 24.3 Å². The number of hydrogen-bond acceptors (Lipinski definition) is 5. The third-order valence-electron chi connectivity index (χ3n) is 3.52. The molecule has 26 heavy (non-hydrogen) atoms. The molecule has 0 unspecified atom stereocenters. The van der Waals surface area contributed by atoms with Gasteiger partial charge in [-0.15, -0.1) is 16.9 Å². The zero-order valence-corrected chi connectivity index (χ0v) is 16.2. The number of anilines is 1. The number of aromatic nitrogens is 4. The third kappa shape index (κ3) is 4.47. The Bertz CT molecular complexity index is 933. The molecule has 0 atom stereocenters. The summed E-state index contributed by atoms with van der Waals surface area (Å²) < 4.78 is 16.5. The van der Waals surface area contributed by atoms with Crippen LogP contribution in [0.3, 0.4) is 0 Å². The second-order valence-corrected chi connectivity index (χ2v) is 7.37. The zero-order valence-electron chi connectivity index (χ0n) is 13.8. The van der Waals surface area contributed by atoms with Crippen LogP contribution < -0.4 is 5.32 Å². The van der Waals surface area contributed by atoms with Crippen LogP contribution in [0, 0.1) is 12.7 Å². The fourth-order valence-electron chi connectivity index (χ4n) is 2.24. The highest BCUT2D eigenvalue weighted by molar-refractivity contribution is 9.10. The van der Waals surface area contributed by atoms with Crippen molar-refractivity contribution in [2.24, 2.45) is 0 Å². The van der Waals surface area contributed by atoms with Crippen LogP contribution in [0.25, 0.3) is 5.69 Å². The standard InChI is InChI=1S/C17H15BrFN5OS/c1-11-21-22-23-24(11)12-6-7-14(19)15(10-12)20-17(25)8-9-26-16-5-3-2-4-13(16)18/h2-7,10H,8-9H2,1H3,(H,20,25). The number of amides is 1. The number of nitrogens with zero attached hydrogens (tertiary/aromatic N) is 4. The van der Waals surface area contributed by atoms with Crippen molar-refractivity contribution in [3.05, 3.63) is 58.6 Å². The highest BCUT2D eigenvalue weighted by atomic mass is 79.9. The first-order valence-corrected chi connectivity index (χ1v) is 9.54. The zero-order chi connectivity index (χ0) is 18.5. The lowest BCUT2D eigenvalue weighted by Crippen LogP contribution is -2.14. The molecule has 0 aliphatic carbocycles. The largest absolute Gasteiger partial charge is 0.324 e. The van der Waals surface area contributed by atoms with Crippen LogP contribution in [0.4, 0.5) is 10.1 Å². The molecule has 1 aromatic heterocycles. The first-order chi connectivity index (χ1) is 12.5. The van der Waals surface area contributed by atoms with Gasteiger partial charge in [-0.25, -0.2) is 4.39 Å². The van der Waals surface area contributed by atoms with Crippen molar-refractivity contribution in [2.75, 3.05) is 11.1 Å². The van der Waals surface area contributed by atoms with Gasteiger partial charge in [0.2, 0.25) is 5.91 Å². The topological polar surface area (TPSA) is 72.7 Å². The molecule has 1 N–H and O–H groups in total. The van der Waals surface area contributed by atoms with E-state index in [1.165, 1.54) is 16.8 Å². The molecular formula is C17H15BrFN5OS.